The van der Waals surface area contributed by atoms with Crippen molar-refractivity contribution in [2.45, 2.75) is 129 Å². The highest BCUT2D eigenvalue weighted by molar-refractivity contribution is 5.89. The second-order valence-corrected chi connectivity index (χ2v) is 9.37. The van der Waals surface area contributed by atoms with Crippen LogP contribution >= 0.6 is 0 Å². The first-order valence-electron chi connectivity index (χ1n) is 13.4. The Morgan fingerprint density at radius 2 is 1.09 bits per heavy atom. The molecule has 0 amide bonds. The molecule has 0 aliphatic heterocycles. The maximum Gasteiger partial charge on any atom is 0.416 e. The Morgan fingerprint density at radius 3 is 1.50 bits per heavy atom. The molecule has 0 saturated heterocycles. The van der Waals surface area contributed by atoms with Crippen LogP contribution in [0.3, 0.4) is 0 Å². The van der Waals surface area contributed by atoms with Gasteiger partial charge in [-0.1, -0.05) is 116 Å². The first-order valence-corrected chi connectivity index (χ1v) is 13.4. The maximum atomic E-state index is 13.4. The fraction of sp³-hybridized carbons (Fsp3) is 0.750. The van der Waals surface area contributed by atoms with Crippen molar-refractivity contribution in [1.82, 2.24) is 0 Å². The van der Waals surface area contributed by atoms with E-state index in [1.165, 1.54) is 89.9 Å². The van der Waals surface area contributed by atoms with E-state index >= 15 is 0 Å². The Labute approximate surface area is 203 Å². The molecule has 0 fully saturated rings. The zero-order chi connectivity index (χ0) is 25.1. The lowest BCUT2D eigenvalue weighted by Crippen LogP contribution is -2.11. The number of esters is 1. The van der Waals surface area contributed by atoms with Crippen LogP contribution < -0.4 is 0 Å². The molecule has 0 N–H and O–H groups in total. The topological polar surface area (TPSA) is 26.3 Å². The number of benzene rings is 1. The molecule has 0 aliphatic carbocycles. The molecule has 1 rings (SSSR count). The van der Waals surface area contributed by atoms with Gasteiger partial charge >= 0.3 is 12.1 Å². The minimum Gasteiger partial charge on any atom is -0.462 e. The Bertz CT molecular complexity index is 658. The largest absolute Gasteiger partial charge is 0.462 e. The molecule has 0 radical (unpaired) electrons. The minimum absolute atomic E-state index is 0.134. The Morgan fingerprint density at radius 1 is 0.676 bits per heavy atom. The van der Waals surface area contributed by atoms with Crippen molar-refractivity contribution >= 4 is 5.97 Å². The van der Waals surface area contributed by atoms with E-state index in [9.17, 15) is 22.4 Å². The summed E-state index contributed by atoms with van der Waals surface area (Å²) in [4.78, 5) is 11.9. The highest BCUT2D eigenvalue weighted by Gasteiger charge is 2.32. The van der Waals surface area contributed by atoms with Crippen LogP contribution in [0.4, 0.5) is 17.6 Å². The molecule has 0 atom stereocenters. The molecule has 0 unspecified atom stereocenters. The van der Waals surface area contributed by atoms with E-state index in [0.29, 0.717) is 18.6 Å². The van der Waals surface area contributed by atoms with E-state index in [1.807, 2.05) is 0 Å². The number of alkyl halides is 3. The average Bonchev–Trinajstić information content (AvgIpc) is 2.79. The van der Waals surface area contributed by atoms with Crippen LogP contribution in [0, 0.1) is 5.82 Å². The van der Waals surface area contributed by atoms with Crippen molar-refractivity contribution in [3.8, 4) is 0 Å². The Balaban J connectivity index is 1.92. The van der Waals surface area contributed by atoms with Crippen molar-refractivity contribution in [2.75, 3.05) is 6.61 Å². The quantitative estimate of drug-likeness (QED) is 0.104. The summed E-state index contributed by atoms with van der Waals surface area (Å²) in [6, 6.07) is 1.77. The molecule has 0 saturated carbocycles. The lowest BCUT2D eigenvalue weighted by atomic mass is 10.0. The standard InChI is InChI=1S/C28H44F4O2/c1-2-3-4-5-6-7-8-9-10-11-12-13-14-15-16-17-18-19-20-34-27(33)24-21-25(28(30,31)32)23-26(29)22-24/h21-23H,2-20H2,1H3. The van der Waals surface area contributed by atoms with Gasteiger partial charge in [-0.05, 0) is 24.6 Å². The van der Waals surface area contributed by atoms with Crippen molar-refractivity contribution < 1.29 is 27.1 Å². The van der Waals surface area contributed by atoms with E-state index in [0.717, 1.165) is 25.3 Å². The predicted octanol–water partition coefficient (Wildman–Crippen LogP) is 10.0. The first kappa shape index (κ1) is 30.4. The predicted molar refractivity (Wildman–Crippen MR) is 130 cm³/mol. The first-order chi connectivity index (χ1) is 16.3. The number of hydrogen-bond donors (Lipinski definition) is 0. The molecule has 0 spiro atoms. The highest BCUT2D eigenvalue weighted by Crippen LogP contribution is 2.30. The molecular weight excluding hydrogens is 444 g/mol. The van der Waals surface area contributed by atoms with Gasteiger partial charge in [-0.2, -0.15) is 13.2 Å². The summed E-state index contributed by atoms with van der Waals surface area (Å²) < 4.78 is 56.6. The van der Waals surface area contributed by atoms with Crippen LogP contribution in [-0.4, -0.2) is 12.6 Å². The molecule has 1 aromatic carbocycles. The SMILES string of the molecule is CCCCCCCCCCCCCCCCCCCCOC(=O)c1cc(F)cc(C(F)(F)F)c1. The third-order valence-corrected chi connectivity index (χ3v) is 6.19. The summed E-state index contributed by atoms with van der Waals surface area (Å²) in [5, 5.41) is 0. The Hall–Kier alpha value is -1.59. The van der Waals surface area contributed by atoms with Crippen LogP contribution in [0.5, 0.6) is 0 Å². The minimum atomic E-state index is -4.70. The molecule has 34 heavy (non-hydrogen) atoms. The summed E-state index contributed by atoms with van der Waals surface area (Å²) in [5.41, 5.74) is -1.60. The molecule has 2 nitrogen and oxygen atoms in total. The molecule has 0 bridgehead atoms. The van der Waals surface area contributed by atoms with E-state index in [4.69, 9.17) is 4.74 Å². The van der Waals surface area contributed by atoms with Crippen molar-refractivity contribution in [3.63, 3.8) is 0 Å². The molecule has 0 aromatic heterocycles. The van der Waals surface area contributed by atoms with Gasteiger partial charge in [-0.3, -0.25) is 0 Å². The zero-order valence-electron chi connectivity index (χ0n) is 21.0. The number of hydrogen-bond acceptors (Lipinski definition) is 2. The summed E-state index contributed by atoms with van der Waals surface area (Å²) in [6.45, 7) is 2.39. The number of carbonyl (C=O) groups excluding carboxylic acids is 1. The second kappa shape index (κ2) is 18.7. The van der Waals surface area contributed by atoms with Gasteiger partial charge in [-0.25, -0.2) is 9.18 Å². The number of carbonyl (C=O) groups is 1. The van der Waals surface area contributed by atoms with E-state index in [2.05, 4.69) is 6.92 Å². The van der Waals surface area contributed by atoms with Crippen molar-refractivity contribution in [2.24, 2.45) is 0 Å². The normalized spacial score (nSPS) is 11.7. The van der Waals surface area contributed by atoms with Gasteiger partial charge in [0.2, 0.25) is 0 Å². The van der Waals surface area contributed by atoms with Crippen molar-refractivity contribution in [3.05, 3.63) is 35.1 Å². The number of ether oxygens (including phenoxy) is 1. The van der Waals surface area contributed by atoms with Gasteiger partial charge in [0.1, 0.15) is 5.82 Å². The van der Waals surface area contributed by atoms with Crippen LogP contribution in [0.1, 0.15) is 138 Å². The number of unbranched alkanes of at least 4 members (excludes halogenated alkanes) is 17. The van der Waals surface area contributed by atoms with Crippen LogP contribution in [0.15, 0.2) is 18.2 Å². The number of halogens is 4. The third kappa shape index (κ3) is 15.3. The summed E-state index contributed by atoms with van der Waals surface area (Å²) in [7, 11) is 0. The van der Waals surface area contributed by atoms with Gasteiger partial charge in [-0.15, -0.1) is 0 Å². The number of rotatable bonds is 20. The van der Waals surface area contributed by atoms with Gasteiger partial charge < -0.3 is 4.74 Å². The fourth-order valence-electron chi connectivity index (χ4n) is 4.12. The molecule has 1 aromatic rings. The van der Waals surface area contributed by atoms with Gasteiger partial charge in [0.25, 0.3) is 0 Å². The van der Waals surface area contributed by atoms with Gasteiger partial charge in [0.05, 0.1) is 17.7 Å². The van der Waals surface area contributed by atoms with Gasteiger partial charge in [0.15, 0.2) is 0 Å². The molecular formula is C28H44F4O2. The summed E-state index contributed by atoms with van der Waals surface area (Å²) in [5.74, 6) is -2.02. The smallest absolute Gasteiger partial charge is 0.416 e. The molecule has 196 valence electrons. The monoisotopic (exact) mass is 488 g/mol. The van der Waals surface area contributed by atoms with E-state index < -0.39 is 29.1 Å². The summed E-state index contributed by atoms with van der Waals surface area (Å²) >= 11 is 0. The third-order valence-electron chi connectivity index (χ3n) is 6.19. The fourth-order valence-corrected chi connectivity index (χ4v) is 4.12. The lowest BCUT2D eigenvalue weighted by Gasteiger charge is -2.09. The lowest BCUT2D eigenvalue weighted by molar-refractivity contribution is -0.137. The second-order valence-electron chi connectivity index (χ2n) is 9.37. The van der Waals surface area contributed by atoms with Gasteiger partial charge in [0, 0.05) is 0 Å². The highest BCUT2D eigenvalue weighted by atomic mass is 19.4. The molecule has 6 heteroatoms. The zero-order valence-corrected chi connectivity index (χ0v) is 21.0. The van der Waals surface area contributed by atoms with E-state index in [-0.39, 0.29) is 6.61 Å². The molecule has 0 aliphatic rings. The van der Waals surface area contributed by atoms with Crippen LogP contribution in [0.2, 0.25) is 0 Å². The maximum absolute atomic E-state index is 13.4. The average molecular weight is 489 g/mol. The van der Waals surface area contributed by atoms with Crippen LogP contribution in [0.25, 0.3) is 0 Å². The Kier molecular flexibility index (Phi) is 16.7. The van der Waals surface area contributed by atoms with E-state index in [1.54, 1.807) is 0 Å². The van der Waals surface area contributed by atoms with Crippen LogP contribution in [-0.2, 0) is 10.9 Å². The van der Waals surface area contributed by atoms with Crippen molar-refractivity contribution in [1.29, 1.82) is 0 Å². The summed E-state index contributed by atoms with van der Waals surface area (Å²) in [6.07, 6.45) is 17.9. The molecule has 0 heterocycles.